The Bertz CT molecular complexity index is 1530. The normalized spacial score (nSPS) is 12.2. The smallest absolute Gasteiger partial charge is 0.118 e. The molecule has 5 heteroatoms. The van der Waals surface area contributed by atoms with Crippen molar-refractivity contribution in [1.82, 2.24) is 0 Å². The van der Waals surface area contributed by atoms with Gasteiger partial charge in [-0.2, -0.15) is 0 Å². The van der Waals surface area contributed by atoms with Gasteiger partial charge in [0.1, 0.15) is 5.75 Å². The summed E-state index contributed by atoms with van der Waals surface area (Å²) < 4.78 is 5.49. The lowest BCUT2D eigenvalue weighted by Gasteiger charge is -2.30. The molecule has 0 aliphatic rings. The molecule has 0 saturated carbocycles. The van der Waals surface area contributed by atoms with Crippen LogP contribution in [-0.2, 0) is 23.6 Å². The highest BCUT2D eigenvalue weighted by atomic mass is 32.4. The molecular weight excluding hydrogens is 538 g/mol. The van der Waals surface area contributed by atoms with Gasteiger partial charge in [0, 0.05) is 17.4 Å². The van der Waals surface area contributed by atoms with Gasteiger partial charge in [0.15, 0.2) is 0 Å². The Kier molecular flexibility index (Phi) is 8.22. The summed E-state index contributed by atoms with van der Waals surface area (Å²) in [5.41, 5.74) is 1.07. The number of benzene rings is 5. The predicted octanol–water partition coefficient (Wildman–Crippen LogP) is 7.25. The highest BCUT2D eigenvalue weighted by Gasteiger charge is 2.31. The minimum absolute atomic E-state index is 0.811. The largest absolute Gasteiger partial charge is 0.497 e. The monoisotopic (exact) mass is 566 g/mol. The Morgan fingerprint density at radius 1 is 0.526 bits per heavy atom. The fourth-order valence-corrected chi connectivity index (χ4v) is 13.4. The lowest BCUT2D eigenvalue weighted by atomic mass is 10.2. The van der Waals surface area contributed by atoms with Crippen LogP contribution in [0.1, 0.15) is 5.56 Å². The third-order valence-electron chi connectivity index (χ3n) is 6.55. The quantitative estimate of drug-likeness (QED) is 0.183. The van der Waals surface area contributed by atoms with Gasteiger partial charge >= 0.3 is 0 Å². The molecular formula is C33H28OP2S2. The Labute approximate surface area is 235 Å². The maximum Gasteiger partial charge on any atom is 0.118 e. The van der Waals surface area contributed by atoms with Gasteiger partial charge < -0.3 is 4.74 Å². The average molecular weight is 567 g/mol. The first kappa shape index (κ1) is 26.5. The van der Waals surface area contributed by atoms with Crippen LogP contribution >= 0.6 is 12.1 Å². The molecule has 188 valence electrons. The zero-order chi connectivity index (χ0) is 26.4. The lowest BCUT2D eigenvalue weighted by molar-refractivity contribution is 0.415. The number of ether oxygens (including phenoxy) is 1. The fourth-order valence-electron chi connectivity index (χ4n) is 4.57. The minimum atomic E-state index is -2.50. The van der Waals surface area contributed by atoms with Crippen LogP contribution in [0.2, 0.25) is 0 Å². The Morgan fingerprint density at radius 3 is 1.26 bits per heavy atom. The van der Waals surface area contributed by atoms with Crippen LogP contribution in [0.15, 0.2) is 151 Å². The molecule has 5 rings (SSSR count). The molecule has 5 aromatic carbocycles. The second-order valence-electron chi connectivity index (χ2n) is 8.85. The van der Waals surface area contributed by atoms with Crippen molar-refractivity contribution in [2.24, 2.45) is 0 Å². The average Bonchev–Trinajstić information content (AvgIpc) is 3.01. The third kappa shape index (κ3) is 5.26. The second-order valence-corrected chi connectivity index (χ2v) is 17.6. The van der Waals surface area contributed by atoms with E-state index in [1.54, 1.807) is 7.11 Å². The summed E-state index contributed by atoms with van der Waals surface area (Å²) >= 11 is 13.6. The summed E-state index contributed by atoms with van der Waals surface area (Å²) in [6, 6.07) is 45.4. The summed E-state index contributed by atoms with van der Waals surface area (Å²) in [5.74, 6) is 3.17. The van der Waals surface area contributed by atoms with Crippen LogP contribution < -0.4 is 26.0 Å². The molecule has 0 spiro atoms. The molecule has 0 atom stereocenters. The van der Waals surface area contributed by atoms with Crippen molar-refractivity contribution in [3.63, 3.8) is 0 Å². The maximum absolute atomic E-state index is 6.85. The maximum atomic E-state index is 6.85. The van der Waals surface area contributed by atoms with Gasteiger partial charge in [0.2, 0.25) is 0 Å². The molecule has 0 fully saturated rings. The first-order chi connectivity index (χ1) is 18.6. The van der Waals surface area contributed by atoms with Crippen molar-refractivity contribution in [3.8, 4) is 5.75 Å². The van der Waals surface area contributed by atoms with Gasteiger partial charge in [-0.3, -0.25) is 0 Å². The van der Waals surface area contributed by atoms with Gasteiger partial charge in [-0.15, -0.1) is 0 Å². The van der Waals surface area contributed by atoms with Gasteiger partial charge in [0.25, 0.3) is 0 Å². The van der Waals surface area contributed by atoms with Crippen LogP contribution in [0, 0.1) is 0 Å². The molecule has 0 N–H and O–H groups in total. The van der Waals surface area contributed by atoms with Crippen molar-refractivity contribution in [2.75, 3.05) is 7.11 Å². The van der Waals surface area contributed by atoms with E-state index < -0.39 is 12.1 Å². The Morgan fingerprint density at radius 2 is 0.895 bits per heavy atom. The Hall–Kier alpha value is -3.06. The van der Waals surface area contributed by atoms with Gasteiger partial charge in [-0.1, -0.05) is 157 Å². The van der Waals surface area contributed by atoms with Crippen molar-refractivity contribution >= 4 is 62.2 Å². The van der Waals surface area contributed by atoms with E-state index in [4.69, 9.17) is 28.4 Å². The van der Waals surface area contributed by atoms with Gasteiger partial charge in [-0.25, -0.2) is 0 Å². The number of rotatable bonds is 8. The van der Waals surface area contributed by atoms with E-state index in [-0.39, 0.29) is 0 Å². The van der Waals surface area contributed by atoms with Crippen LogP contribution in [-0.4, -0.2) is 7.11 Å². The molecule has 1 nitrogen and oxygen atoms in total. The molecule has 0 bridgehead atoms. The summed E-state index contributed by atoms with van der Waals surface area (Å²) in [6.45, 7) is 0. The standard InChI is InChI=1S/C33H28OP2S2/c1-34-28-24-22-27(23-25-28)33(36(38,31-18-10-4-11-19-31)32-20-12-5-13-21-32)26-35(37,29-14-6-2-7-15-29)30-16-8-3-9-17-30/h2-26H,1H3/b33-26+. The zero-order valence-electron chi connectivity index (χ0n) is 21.1. The summed E-state index contributed by atoms with van der Waals surface area (Å²) in [4.78, 5) is 0. The molecule has 0 radical (unpaired) electrons. The van der Waals surface area contributed by atoms with E-state index in [9.17, 15) is 0 Å². The SMILES string of the molecule is COc1ccc(/C(=C\P(=S)(c2ccccc2)c2ccccc2)P(=S)(c2ccccc2)c2ccccc2)cc1. The van der Waals surface area contributed by atoms with E-state index in [1.807, 2.05) is 36.4 Å². The minimum Gasteiger partial charge on any atom is -0.497 e. The topological polar surface area (TPSA) is 9.23 Å². The fraction of sp³-hybridized carbons (Fsp3) is 0.0303. The van der Waals surface area contributed by atoms with Crippen molar-refractivity contribution in [2.45, 2.75) is 0 Å². The number of hydrogen-bond donors (Lipinski definition) is 0. The molecule has 0 aliphatic heterocycles. The molecule has 5 aromatic rings. The summed E-state index contributed by atoms with van der Waals surface area (Å²) in [7, 11) is 1.69. The van der Waals surface area contributed by atoms with E-state index in [0.717, 1.165) is 37.8 Å². The zero-order valence-corrected chi connectivity index (χ0v) is 24.5. The molecule has 0 amide bonds. The van der Waals surface area contributed by atoms with Gasteiger partial charge in [0.05, 0.1) is 7.11 Å². The van der Waals surface area contributed by atoms with Gasteiger partial charge in [-0.05, 0) is 44.7 Å². The molecule has 0 aromatic heterocycles. The van der Waals surface area contributed by atoms with E-state index >= 15 is 0 Å². The number of hydrogen-bond acceptors (Lipinski definition) is 3. The van der Waals surface area contributed by atoms with Crippen LogP contribution in [0.5, 0.6) is 5.75 Å². The highest BCUT2D eigenvalue weighted by molar-refractivity contribution is 8.28. The van der Waals surface area contributed by atoms with Crippen molar-refractivity contribution in [3.05, 3.63) is 157 Å². The summed E-state index contributed by atoms with van der Waals surface area (Å²) in [6.07, 6.45) is 0. The van der Waals surface area contributed by atoms with E-state index in [2.05, 4.69) is 115 Å². The van der Waals surface area contributed by atoms with Crippen molar-refractivity contribution in [1.29, 1.82) is 0 Å². The molecule has 0 heterocycles. The van der Waals surface area contributed by atoms with Crippen LogP contribution in [0.25, 0.3) is 5.31 Å². The molecule has 0 unspecified atom stereocenters. The predicted molar refractivity (Wildman–Crippen MR) is 174 cm³/mol. The molecule has 0 saturated heterocycles. The van der Waals surface area contributed by atoms with E-state index in [1.165, 1.54) is 0 Å². The Balaban J connectivity index is 1.88. The van der Waals surface area contributed by atoms with Crippen LogP contribution in [0.4, 0.5) is 0 Å². The van der Waals surface area contributed by atoms with E-state index in [0.29, 0.717) is 0 Å². The number of methoxy groups -OCH3 is 1. The first-order valence-electron chi connectivity index (χ1n) is 12.4. The lowest BCUT2D eigenvalue weighted by Crippen LogP contribution is -2.19. The summed E-state index contributed by atoms with van der Waals surface area (Å²) in [5, 5.41) is 5.70. The highest BCUT2D eigenvalue weighted by Crippen LogP contribution is 2.61. The molecule has 38 heavy (non-hydrogen) atoms. The first-order valence-corrected chi connectivity index (χ1v) is 18.0. The third-order valence-corrected chi connectivity index (χ3v) is 16.1. The molecule has 0 aliphatic carbocycles. The second kappa shape index (κ2) is 11.8. The van der Waals surface area contributed by atoms with Crippen molar-refractivity contribution < 1.29 is 4.74 Å². The van der Waals surface area contributed by atoms with Crippen LogP contribution in [0.3, 0.4) is 0 Å².